The van der Waals surface area contributed by atoms with E-state index in [2.05, 4.69) is 47.5 Å². The van der Waals surface area contributed by atoms with Gasteiger partial charge in [-0.15, -0.1) is 70.8 Å². The molecule has 0 unspecified atom stereocenters. The van der Waals surface area contributed by atoms with Crippen molar-refractivity contribution in [2.45, 2.75) is 71.9 Å². The Balaban J connectivity index is 0.000000251. The van der Waals surface area contributed by atoms with E-state index in [4.69, 9.17) is 12.3 Å². The second-order valence-electron chi connectivity index (χ2n) is 11.5. The van der Waals surface area contributed by atoms with Gasteiger partial charge in [0.25, 0.3) is 0 Å². The zero-order valence-electron chi connectivity index (χ0n) is 36.3. The second kappa shape index (κ2) is 18.4. The maximum absolute atomic E-state index is 9.31. The van der Waals surface area contributed by atoms with Crippen LogP contribution < -0.4 is 0 Å². The number of allylic oxidation sites excluding steroid dienone is 4. The minimum atomic E-state index is -2.36. The molecule has 2 nitrogen and oxygen atoms in total. The molecule has 0 saturated heterocycles. The standard InChI is InChI=1S/C24H25N.C21H20N.Ir/c1-19(20-8-4-2-5-9-20)18-24(16-17-25)23-14-12-22(13-15-23)21-10-6-3-7-11-21;1-4-17-7-10-18(11-8-17)20-13-19(9-6-16(20)3)21-12-5-15(2)14-22-21;/h2,4-5,8,12-18,21H,3,6-7,10-11H2,1H3;5-8,10-14H,4H2,1-3H3;/q-2;-1;+3/b19-18+,24-16+;;/i21D;2D3,3D3,4D2;. The van der Waals surface area contributed by atoms with E-state index in [1.54, 1.807) is 42.5 Å². The van der Waals surface area contributed by atoms with E-state index in [-0.39, 0.29) is 31.2 Å². The van der Waals surface area contributed by atoms with E-state index in [0.29, 0.717) is 27.9 Å². The van der Waals surface area contributed by atoms with Gasteiger partial charge in [0.2, 0.25) is 0 Å². The van der Waals surface area contributed by atoms with Crippen LogP contribution in [0.1, 0.15) is 97.6 Å². The van der Waals surface area contributed by atoms with Gasteiger partial charge in [-0.1, -0.05) is 118 Å². The fraction of sp³-hybridized carbons (Fsp3) is 0.244. The molecular weight excluding hydrogens is 761 g/mol. The molecule has 1 aliphatic carbocycles. The largest absolute Gasteiger partial charge is 3.00 e. The van der Waals surface area contributed by atoms with Crippen LogP contribution in [0.3, 0.4) is 0 Å². The summed E-state index contributed by atoms with van der Waals surface area (Å²) >= 11 is 0. The SMILES string of the molecule is [2H]C([2H])([2H])c1ccc(-c2[c-]cc(C([2H])([2H])[2H])c(-c3ccc(C([2H])([2H])C)cc3)c2)nc1.[2H]C1(c2ccc(C(/C=C(\C)c3[c-]cccc3)=C/C=[N-])cc2)CCCCC1.[Ir+3]. The number of pyridine rings is 1. The molecule has 5 aromatic rings. The average Bonchev–Trinajstić information content (AvgIpc) is 3.17. The molecule has 244 valence electrons. The van der Waals surface area contributed by atoms with Gasteiger partial charge in [-0.3, -0.25) is 0 Å². The quantitative estimate of drug-likeness (QED) is 0.0873. The molecule has 0 N–H and O–H groups in total. The van der Waals surface area contributed by atoms with E-state index in [0.717, 1.165) is 59.7 Å². The van der Waals surface area contributed by atoms with E-state index in [1.807, 2.05) is 31.2 Å². The van der Waals surface area contributed by atoms with Crippen LogP contribution in [-0.2, 0) is 26.5 Å². The molecule has 0 aliphatic heterocycles. The molecule has 1 aromatic heterocycles. The van der Waals surface area contributed by atoms with Crippen LogP contribution in [0.4, 0.5) is 0 Å². The van der Waals surface area contributed by atoms with Crippen molar-refractivity contribution >= 4 is 17.4 Å². The van der Waals surface area contributed by atoms with Crippen molar-refractivity contribution in [1.82, 2.24) is 4.98 Å². The topological polar surface area (TPSA) is 35.2 Å². The van der Waals surface area contributed by atoms with Gasteiger partial charge in [-0.2, -0.15) is 6.21 Å². The molecule has 1 fully saturated rings. The first-order chi connectivity index (χ1) is 26.4. The van der Waals surface area contributed by atoms with Gasteiger partial charge in [-0.25, -0.2) is 0 Å². The molecule has 48 heavy (non-hydrogen) atoms. The van der Waals surface area contributed by atoms with Crippen molar-refractivity contribution in [3.8, 4) is 22.4 Å². The predicted molar refractivity (Wildman–Crippen MR) is 201 cm³/mol. The number of nitrogens with zero attached hydrogens (tertiary/aromatic N) is 2. The molecule has 6 rings (SSSR count). The molecule has 1 heterocycles. The van der Waals surface area contributed by atoms with Crippen molar-refractivity contribution in [2.24, 2.45) is 0 Å². The third-order valence-electron chi connectivity index (χ3n) is 8.32. The average molecular weight is 815 g/mol. The summed E-state index contributed by atoms with van der Waals surface area (Å²) in [4.78, 5) is 4.21. The molecule has 0 bridgehead atoms. The predicted octanol–water partition coefficient (Wildman–Crippen LogP) is 12.1. The summed E-state index contributed by atoms with van der Waals surface area (Å²) in [6.45, 7) is -1.11. The van der Waals surface area contributed by atoms with Crippen molar-refractivity contribution in [3.05, 3.63) is 166 Å². The molecule has 0 radical (unpaired) electrons. The van der Waals surface area contributed by atoms with Gasteiger partial charge in [0.15, 0.2) is 0 Å². The van der Waals surface area contributed by atoms with E-state index in [9.17, 15) is 5.41 Å². The Kier molecular flexibility index (Phi) is 9.88. The fourth-order valence-electron chi connectivity index (χ4n) is 5.67. The van der Waals surface area contributed by atoms with Crippen LogP contribution in [0.5, 0.6) is 0 Å². The van der Waals surface area contributed by atoms with Gasteiger partial charge in [-0.05, 0) is 71.0 Å². The molecular formula is C45H45IrN2. The minimum absolute atomic E-state index is 0. The number of hydrogen-bond donors (Lipinski definition) is 0. The van der Waals surface area contributed by atoms with E-state index in [1.165, 1.54) is 31.7 Å². The summed E-state index contributed by atoms with van der Waals surface area (Å²) in [6.07, 6.45) is 10.1. The Morgan fingerprint density at radius 1 is 0.979 bits per heavy atom. The van der Waals surface area contributed by atoms with Crippen LogP contribution in [-0.4, -0.2) is 11.2 Å². The maximum Gasteiger partial charge on any atom is 3.00 e. The Bertz CT molecular complexity index is 2140. The van der Waals surface area contributed by atoms with E-state index < -0.39 is 26.0 Å². The fourth-order valence-corrected chi connectivity index (χ4v) is 5.67. The zero-order valence-corrected chi connectivity index (χ0v) is 29.7. The smallest absolute Gasteiger partial charge is 0.811 e. The molecule has 1 aliphatic rings. The van der Waals surface area contributed by atoms with Crippen LogP contribution in [0.15, 0.2) is 115 Å². The Morgan fingerprint density at radius 3 is 2.40 bits per heavy atom. The van der Waals surface area contributed by atoms with Gasteiger partial charge in [0.05, 0.1) is 0 Å². The summed E-state index contributed by atoms with van der Waals surface area (Å²) in [7, 11) is 0. The van der Waals surface area contributed by atoms with Crippen LogP contribution in [0.2, 0.25) is 0 Å². The molecule has 0 amide bonds. The first kappa shape index (κ1) is 25.8. The summed E-state index contributed by atoms with van der Waals surface area (Å²) in [6, 6.07) is 35.1. The van der Waals surface area contributed by atoms with Crippen molar-refractivity contribution in [1.29, 1.82) is 0 Å². The minimum Gasteiger partial charge on any atom is -0.811 e. The maximum atomic E-state index is 9.31. The summed E-state index contributed by atoms with van der Waals surface area (Å²) < 4.78 is 70.3. The summed E-state index contributed by atoms with van der Waals surface area (Å²) in [5, 5.41) is 9.31. The molecule has 3 heteroatoms. The van der Waals surface area contributed by atoms with E-state index >= 15 is 0 Å². The van der Waals surface area contributed by atoms with Crippen LogP contribution >= 0.6 is 0 Å². The third-order valence-corrected chi connectivity index (χ3v) is 8.32. The summed E-state index contributed by atoms with van der Waals surface area (Å²) in [5.41, 5.74) is 8.05. The molecule has 0 spiro atoms. The first-order valence-corrected chi connectivity index (χ1v) is 16.0. The normalized spacial score (nSPS) is 17.8. The summed E-state index contributed by atoms with van der Waals surface area (Å²) in [5.74, 6) is -0.436. The number of rotatable bonds is 8. The second-order valence-corrected chi connectivity index (χ2v) is 11.5. The number of aromatic nitrogens is 1. The number of aryl methyl sites for hydroxylation is 3. The Labute approximate surface area is 314 Å². The van der Waals surface area contributed by atoms with Gasteiger partial charge in [0.1, 0.15) is 0 Å². The third kappa shape index (κ3) is 9.92. The Morgan fingerprint density at radius 2 is 1.77 bits per heavy atom. The molecule has 1 saturated carbocycles. The van der Waals surface area contributed by atoms with Gasteiger partial charge in [0, 0.05) is 18.5 Å². The van der Waals surface area contributed by atoms with Gasteiger partial charge >= 0.3 is 20.1 Å². The van der Waals surface area contributed by atoms with Crippen LogP contribution in [0, 0.1) is 25.8 Å². The van der Waals surface area contributed by atoms with Crippen molar-refractivity contribution < 1.29 is 32.4 Å². The van der Waals surface area contributed by atoms with Gasteiger partial charge < -0.3 is 10.4 Å². The monoisotopic (exact) mass is 815 g/mol. The number of benzene rings is 4. The molecule has 0 atom stereocenters. The Hall–Kier alpha value is -4.17. The van der Waals surface area contributed by atoms with Crippen molar-refractivity contribution in [3.63, 3.8) is 0 Å². The zero-order chi connectivity index (χ0) is 40.7. The first-order valence-electron chi connectivity index (χ1n) is 20.5. The number of hydrogen-bond acceptors (Lipinski definition) is 1. The van der Waals surface area contributed by atoms with Crippen molar-refractivity contribution in [2.75, 3.05) is 0 Å². The van der Waals surface area contributed by atoms with Crippen LogP contribution in [0.25, 0.3) is 38.9 Å². The molecule has 4 aromatic carbocycles.